The lowest BCUT2D eigenvalue weighted by molar-refractivity contribution is 0.0912. The first kappa shape index (κ1) is 21.8. The molecule has 2 aromatic carbocycles. The molecule has 0 spiro atoms. The lowest BCUT2D eigenvalue weighted by Gasteiger charge is -2.17. The summed E-state index contributed by atoms with van der Waals surface area (Å²) in [5.41, 5.74) is 7.84. The molecular formula is C24H20FN5O3. The lowest BCUT2D eigenvalue weighted by Crippen LogP contribution is -2.31. The van der Waals surface area contributed by atoms with Crippen LogP contribution >= 0.6 is 0 Å². The Bertz CT molecular complexity index is 1340. The van der Waals surface area contributed by atoms with Gasteiger partial charge in [-0.15, -0.1) is 0 Å². The molecule has 0 saturated carbocycles. The Morgan fingerprint density at radius 1 is 1.12 bits per heavy atom. The zero-order valence-electron chi connectivity index (χ0n) is 17.3. The van der Waals surface area contributed by atoms with Crippen molar-refractivity contribution in [2.24, 2.45) is 0 Å². The standard InChI is InChI=1S/C24H20FN5O3/c25-18-10-15(22-23(26)28-12-19(29-22)16-7-9-21(32)27-11-16)6-8-17(18)24(33)30-20(13-31)14-4-2-1-3-5-14/h1-12,20,31H,13H2,(H2,26,28)(H,27,32)(H,30,33). The van der Waals surface area contributed by atoms with Crippen molar-refractivity contribution in [3.63, 3.8) is 0 Å². The largest absolute Gasteiger partial charge is 0.394 e. The van der Waals surface area contributed by atoms with Crippen molar-refractivity contribution in [2.45, 2.75) is 6.04 Å². The number of aliphatic hydroxyl groups is 1. The van der Waals surface area contributed by atoms with Crippen LogP contribution in [-0.2, 0) is 0 Å². The second-order valence-electron chi connectivity index (χ2n) is 7.24. The molecule has 2 heterocycles. The summed E-state index contributed by atoms with van der Waals surface area (Å²) in [5.74, 6) is -1.35. The topological polar surface area (TPSA) is 134 Å². The molecule has 1 unspecified atom stereocenters. The molecule has 5 N–H and O–H groups in total. The highest BCUT2D eigenvalue weighted by Crippen LogP contribution is 2.27. The number of nitrogen functional groups attached to an aromatic ring is 1. The van der Waals surface area contributed by atoms with E-state index in [1.54, 1.807) is 30.3 Å². The predicted molar refractivity (Wildman–Crippen MR) is 122 cm³/mol. The maximum Gasteiger partial charge on any atom is 0.254 e. The third-order valence-electron chi connectivity index (χ3n) is 5.06. The van der Waals surface area contributed by atoms with Gasteiger partial charge in [0.15, 0.2) is 0 Å². The number of nitrogens with two attached hydrogens (primary N) is 1. The Morgan fingerprint density at radius 2 is 1.88 bits per heavy atom. The molecule has 4 aromatic rings. The maximum atomic E-state index is 14.9. The number of pyridine rings is 1. The quantitative estimate of drug-likeness (QED) is 0.361. The van der Waals surface area contributed by atoms with Crippen LogP contribution in [0.15, 0.2) is 77.9 Å². The van der Waals surface area contributed by atoms with Crippen LogP contribution in [0.5, 0.6) is 0 Å². The Morgan fingerprint density at radius 3 is 2.55 bits per heavy atom. The minimum atomic E-state index is -0.773. The van der Waals surface area contributed by atoms with Gasteiger partial charge in [-0.25, -0.2) is 14.4 Å². The summed E-state index contributed by atoms with van der Waals surface area (Å²) < 4.78 is 14.9. The first-order valence-corrected chi connectivity index (χ1v) is 10.0. The van der Waals surface area contributed by atoms with Gasteiger partial charge in [0.05, 0.1) is 30.1 Å². The number of aromatic nitrogens is 3. The molecule has 9 heteroatoms. The summed E-state index contributed by atoms with van der Waals surface area (Å²) in [6, 6.07) is 15.2. The minimum absolute atomic E-state index is 0.0872. The van der Waals surface area contributed by atoms with E-state index in [4.69, 9.17) is 5.73 Å². The number of aliphatic hydroxyl groups excluding tert-OH is 1. The van der Waals surface area contributed by atoms with Crippen LogP contribution < -0.4 is 16.6 Å². The van der Waals surface area contributed by atoms with Crippen molar-refractivity contribution in [3.8, 4) is 22.5 Å². The Kier molecular flexibility index (Phi) is 6.23. The molecule has 1 amide bonds. The average molecular weight is 445 g/mol. The summed E-state index contributed by atoms with van der Waals surface area (Å²) in [4.78, 5) is 35.1. The summed E-state index contributed by atoms with van der Waals surface area (Å²) in [7, 11) is 0. The second kappa shape index (κ2) is 9.41. The van der Waals surface area contributed by atoms with E-state index in [9.17, 15) is 19.1 Å². The van der Waals surface area contributed by atoms with E-state index in [0.717, 1.165) is 6.07 Å². The highest BCUT2D eigenvalue weighted by atomic mass is 19.1. The van der Waals surface area contributed by atoms with E-state index in [1.165, 1.54) is 30.6 Å². The fourth-order valence-corrected chi connectivity index (χ4v) is 3.32. The molecule has 1 atom stereocenters. The molecule has 0 bridgehead atoms. The fourth-order valence-electron chi connectivity index (χ4n) is 3.32. The van der Waals surface area contributed by atoms with E-state index in [2.05, 4.69) is 20.3 Å². The van der Waals surface area contributed by atoms with Crippen LogP contribution in [0.1, 0.15) is 22.0 Å². The fraction of sp³-hybridized carbons (Fsp3) is 0.0833. The van der Waals surface area contributed by atoms with Crippen LogP contribution in [0, 0.1) is 5.82 Å². The van der Waals surface area contributed by atoms with Crippen LogP contribution in [0.25, 0.3) is 22.5 Å². The number of carbonyl (C=O) groups is 1. The summed E-state index contributed by atoms with van der Waals surface area (Å²) in [6.07, 6.45) is 2.94. The number of hydrogen-bond donors (Lipinski definition) is 4. The summed E-state index contributed by atoms with van der Waals surface area (Å²) in [5, 5.41) is 12.3. The van der Waals surface area contributed by atoms with Crippen molar-refractivity contribution >= 4 is 11.7 Å². The first-order valence-electron chi connectivity index (χ1n) is 10.0. The number of nitrogens with one attached hydrogen (secondary N) is 2. The SMILES string of the molecule is Nc1ncc(-c2ccc(=O)[nH]c2)nc1-c1ccc(C(=O)NC(CO)c2ccccc2)c(F)c1. The van der Waals surface area contributed by atoms with Gasteiger partial charge in [0.25, 0.3) is 5.91 Å². The number of aromatic amines is 1. The molecule has 33 heavy (non-hydrogen) atoms. The monoisotopic (exact) mass is 445 g/mol. The van der Waals surface area contributed by atoms with Gasteiger partial charge in [0, 0.05) is 23.4 Å². The molecule has 2 aromatic heterocycles. The number of halogens is 1. The van der Waals surface area contributed by atoms with Crippen LogP contribution in [-0.4, -0.2) is 32.6 Å². The molecule has 0 fully saturated rings. The maximum absolute atomic E-state index is 14.9. The van der Waals surface area contributed by atoms with E-state index < -0.39 is 17.8 Å². The second-order valence-corrected chi connectivity index (χ2v) is 7.24. The van der Waals surface area contributed by atoms with E-state index in [-0.39, 0.29) is 29.2 Å². The van der Waals surface area contributed by atoms with E-state index in [1.807, 2.05) is 6.07 Å². The number of amides is 1. The highest BCUT2D eigenvalue weighted by Gasteiger charge is 2.19. The molecule has 0 radical (unpaired) electrons. The molecule has 0 aliphatic heterocycles. The van der Waals surface area contributed by atoms with Gasteiger partial charge in [-0.3, -0.25) is 9.59 Å². The lowest BCUT2D eigenvalue weighted by atomic mass is 10.0. The van der Waals surface area contributed by atoms with E-state index in [0.29, 0.717) is 22.4 Å². The van der Waals surface area contributed by atoms with Gasteiger partial charge < -0.3 is 21.1 Å². The highest BCUT2D eigenvalue weighted by molar-refractivity contribution is 5.95. The van der Waals surface area contributed by atoms with Gasteiger partial charge in [-0.2, -0.15) is 0 Å². The zero-order chi connectivity index (χ0) is 23.4. The Balaban J connectivity index is 1.61. The minimum Gasteiger partial charge on any atom is -0.394 e. The van der Waals surface area contributed by atoms with Crippen molar-refractivity contribution in [2.75, 3.05) is 12.3 Å². The number of hydrogen-bond acceptors (Lipinski definition) is 6. The van der Waals surface area contributed by atoms with Gasteiger partial charge >= 0.3 is 0 Å². The van der Waals surface area contributed by atoms with Gasteiger partial charge in [-0.1, -0.05) is 36.4 Å². The number of anilines is 1. The van der Waals surface area contributed by atoms with Crippen LogP contribution in [0.3, 0.4) is 0 Å². The van der Waals surface area contributed by atoms with Crippen LogP contribution in [0.2, 0.25) is 0 Å². The number of nitrogens with zero attached hydrogens (tertiary/aromatic N) is 2. The zero-order valence-corrected chi connectivity index (χ0v) is 17.3. The van der Waals surface area contributed by atoms with Crippen molar-refractivity contribution in [3.05, 3.63) is 100 Å². The molecule has 0 saturated heterocycles. The van der Waals surface area contributed by atoms with Gasteiger partial charge in [0.2, 0.25) is 5.56 Å². The van der Waals surface area contributed by atoms with Crippen molar-refractivity contribution < 1.29 is 14.3 Å². The van der Waals surface area contributed by atoms with E-state index >= 15 is 0 Å². The number of carbonyl (C=O) groups excluding carboxylic acids is 1. The molecular weight excluding hydrogens is 425 g/mol. The summed E-state index contributed by atoms with van der Waals surface area (Å²) >= 11 is 0. The third-order valence-corrected chi connectivity index (χ3v) is 5.06. The molecule has 166 valence electrons. The normalized spacial score (nSPS) is 11.7. The first-order chi connectivity index (χ1) is 16.0. The number of rotatable bonds is 6. The molecule has 4 rings (SSSR count). The van der Waals surface area contributed by atoms with Gasteiger partial charge in [-0.05, 0) is 23.8 Å². The van der Waals surface area contributed by atoms with Gasteiger partial charge in [0.1, 0.15) is 17.3 Å². The summed E-state index contributed by atoms with van der Waals surface area (Å²) in [6.45, 7) is -0.334. The predicted octanol–water partition coefficient (Wildman–Crippen LogP) is 2.68. The molecule has 0 aliphatic rings. The average Bonchev–Trinajstić information content (AvgIpc) is 2.83. The Hall–Kier alpha value is -4.37. The van der Waals surface area contributed by atoms with Crippen molar-refractivity contribution in [1.82, 2.24) is 20.3 Å². The number of H-pyrrole nitrogens is 1. The molecule has 0 aliphatic carbocycles. The van der Waals surface area contributed by atoms with Crippen molar-refractivity contribution in [1.29, 1.82) is 0 Å². The smallest absolute Gasteiger partial charge is 0.254 e. The molecule has 8 nitrogen and oxygen atoms in total. The third kappa shape index (κ3) is 4.78. The van der Waals surface area contributed by atoms with Crippen LogP contribution in [0.4, 0.5) is 10.2 Å². The Labute approximate surface area is 188 Å². The number of benzene rings is 2.